The molecule has 0 bridgehead atoms. The van der Waals surface area contributed by atoms with Gasteiger partial charge in [0, 0.05) is 18.6 Å². The summed E-state index contributed by atoms with van der Waals surface area (Å²) in [5.41, 5.74) is 0.0723. The molecule has 1 unspecified atom stereocenters. The molecule has 60 valence electrons. The molecule has 0 amide bonds. The zero-order valence-corrected chi connectivity index (χ0v) is 6.89. The van der Waals surface area contributed by atoms with Gasteiger partial charge in [0.1, 0.15) is 0 Å². The van der Waals surface area contributed by atoms with E-state index in [-0.39, 0.29) is 5.54 Å². The van der Waals surface area contributed by atoms with E-state index in [4.69, 9.17) is 0 Å². The summed E-state index contributed by atoms with van der Waals surface area (Å²) in [6.07, 6.45) is -0.444. The Bertz CT molecular complexity index is 119. The molecule has 10 heavy (non-hydrogen) atoms. The molecule has 1 atom stereocenters. The molecule has 0 aromatic carbocycles. The molecule has 3 heteroatoms. The molecule has 0 saturated carbocycles. The van der Waals surface area contributed by atoms with Crippen molar-refractivity contribution in [1.29, 1.82) is 0 Å². The van der Waals surface area contributed by atoms with Gasteiger partial charge in [-0.2, -0.15) is 0 Å². The summed E-state index contributed by atoms with van der Waals surface area (Å²) in [6, 6.07) is 0. The maximum absolute atomic E-state index is 9.34. The zero-order chi connectivity index (χ0) is 7.78. The number of aliphatic hydroxyl groups excluding tert-OH is 1. The smallest absolute Gasteiger partial charge is 0.163 e. The number of hydrogen-bond donors (Lipinski definition) is 2. The number of hydrogen-bond acceptors (Lipinski definition) is 3. The van der Waals surface area contributed by atoms with Crippen molar-refractivity contribution >= 4 is 0 Å². The first-order valence-electron chi connectivity index (χ1n) is 3.70. The topological polar surface area (TPSA) is 35.5 Å². The van der Waals surface area contributed by atoms with Crippen molar-refractivity contribution < 1.29 is 5.11 Å². The van der Waals surface area contributed by atoms with Crippen molar-refractivity contribution in [3.63, 3.8) is 0 Å². The van der Waals surface area contributed by atoms with Gasteiger partial charge >= 0.3 is 0 Å². The molecule has 0 spiro atoms. The van der Waals surface area contributed by atoms with Crippen LogP contribution >= 0.6 is 0 Å². The monoisotopic (exact) mass is 144 g/mol. The van der Waals surface area contributed by atoms with E-state index in [1.165, 1.54) is 0 Å². The van der Waals surface area contributed by atoms with Gasteiger partial charge in [-0.1, -0.05) is 0 Å². The van der Waals surface area contributed by atoms with E-state index in [2.05, 4.69) is 26.1 Å². The predicted molar refractivity (Wildman–Crippen MR) is 40.5 cm³/mol. The van der Waals surface area contributed by atoms with Gasteiger partial charge in [-0.15, -0.1) is 0 Å². The molecular weight excluding hydrogens is 128 g/mol. The fourth-order valence-electron chi connectivity index (χ4n) is 1.25. The maximum atomic E-state index is 9.34. The van der Waals surface area contributed by atoms with Gasteiger partial charge in [-0.05, 0) is 20.8 Å². The van der Waals surface area contributed by atoms with Crippen LogP contribution in [0.25, 0.3) is 0 Å². The molecule has 1 aliphatic rings. The maximum Gasteiger partial charge on any atom is 0.163 e. The molecule has 1 rings (SSSR count). The van der Waals surface area contributed by atoms with Crippen molar-refractivity contribution in [2.24, 2.45) is 0 Å². The minimum absolute atomic E-state index is 0.0723. The third-order valence-corrected chi connectivity index (χ3v) is 1.84. The van der Waals surface area contributed by atoms with Crippen LogP contribution in [0.3, 0.4) is 0 Å². The van der Waals surface area contributed by atoms with Gasteiger partial charge < -0.3 is 5.11 Å². The highest BCUT2D eigenvalue weighted by atomic mass is 16.3. The Morgan fingerprint density at radius 1 is 1.50 bits per heavy atom. The standard InChI is InChI=1S/C7H16N2O/c1-7(2,3)9-5-4-8-6(9)10/h6,8,10H,4-5H2,1-3H3. The quantitative estimate of drug-likeness (QED) is 0.501. The first kappa shape index (κ1) is 7.98. The Balaban J connectivity index is 2.55. The fourth-order valence-corrected chi connectivity index (χ4v) is 1.25. The molecule has 0 aromatic rings. The molecule has 1 aliphatic heterocycles. The van der Waals surface area contributed by atoms with E-state index in [0.29, 0.717) is 0 Å². The Labute approximate surface area is 62.0 Å². The Kier molecular flexibility index (Phi) is 1.99. The van der Waals surface area contributed by atoms with Gasteiger partial charge in [-0.3, -0.25) is 10.2 Å². The average molecular weight is 144 g/mol. The van der Waals surface area contributed by atoms with Crippen molar-refractivity contribution in [3.8, 4) is 0 Å². The minimum atomic E-state index is -0.444. The summed E-state index contributed by atoms with van der Waals surface area (Å²) in [5, 5.41) is 12.3. The molecule has 1 heterocycles. The van der Waals surface area contributed by atoms with Crippen molar-refractivity contribution in [2.45, 2.75) is 32.7 Å². The lowest BCUT2D eigenvalue weighted by atomic mass is 10.1. The highest BCUT2D eigenvalue weighted by Gasteiger charge is 2.30. The molecule has 0 aromatic heterocycles. The van der Waals surface area contributed by atoms with Crippen LogP contribution in [0.5, 0.6) is 0 Å². The van der Waals surface area contributed by atoms with E-state index in [1.807, 2.05) is 4.90 Å². The minimum Gasteiger partial charge on any atom is -0.365 e. The van der Waals surface area contributed by atoms with Gasteiger partial charge in [0.15, 0.2) is 6.35 Å². The second-order valence-electron chi connectivity index (χ2n) is 3.69. The Hall–Kier alpha value is -0.120. The predicted octanol–water partition coefficient (Wildman–Crippen LogP) is -0.0340. The molecule has 0 radical (unpaired) electrons. The summed E-state index contributed by atoms with van der Waals surface area (Å²) in [4.78, 5) is 2.03. The molecule has 1 saturated heterocycles. The van der Waals surface area contributed by atoms with Crippen LogP contribution in [0.1, 0.15) is 20.8 Å². The number of aliphatic hydroxyl groups is 1. The van der Waals surface area contributed by atoms with Crippen LogP contribution in [0.2, 0.25) is 0 Å². The number of rotatable bonds is 0. The lowest BCUT2D eigenvalue weighted by Crippen LogP contribution is -2.47. The summed E-state index contributed by atoms with van der Waals surface area (Å²) >= 11 is 0. The normalized spacial score (nSPS) is 29.4. The van der Waals surface area contributed by atoms with Crippen LogP contribution in [-0.2, 0) is 0 Å². The van der Waals surface area contributed by atoms with Crippen LogP contribution in [0, 0.1) is 0 Å². The van der Waals surface area contributed by atoms with E-state index in [1.54, 1.807) is 0 Å². The van der Waals surface area contributed by atoms with E-state index < -0.39 is 6.35 Å². The molecule has 3 nitrogen and oxygen atoms in total. The lowest BCUT2D eigenvalue weighted by molar-refractivity contribution is -0.0302. The van der Waals surface area contributed by atoms with E-state index >= 15 is 0 Å². The van der Waals surface area contributed by atoms with Crippen molar-refractivity contribution in [1.82, 2.24) is 10.2 Å². The molecular formula is C7H16N2O. The van der Waals surface area contributed by atoms with E-state index in [9.17, 15) is 5.11 Å². The summed E-state index contributed by atoms with van der Waals surface area (Å²) < 4.78 is 0. The molecule has 0 aliphatic carbocycles. The fraction of sp³-hybridized carbons (Fsp3) is 1.00. The van der Waals surface area contributed by atoms with Gasteiger partial charge in [-0.25, -0.2) is 0 Å². The van der Waals surface area contributed by atoms with Gasteiger partial charge in [0.25, 0.3) is 0 Å². The number of nitrogens with zero attached hydrogens (tertiary/aromatic N) is 1. The van der Waals surface area contributed by atoms with Crippen LogP contribution in [0.4, 0.5) is 0 Å². The van der Waals surface area contributed by atoms with Crippen LogP contribution in [0.15, 0.2) is 0 Å². The molecule has 1 fully saturated rings. The first-order valence-corrected chi connectivity index (χ1v) is 3.70. The third kappa shape index (κ3) is 1.48. The zero-order valence-electron chi connectivity index (χ0n) is 6.89. The second kappa shape index (κ2) is 2.49. The second-order valence-corrected chi connectivity index (χ2v) is 3.69. The highest BCUT2D eigenvalue weighted by Crippen LogP contribution is 2.16. The summed E-state index contributed by atoms with van der Waals surface area (Å²) in [5.74, 6) is 0. The Morgan fingerprint density at radius 2 is 2.10 bits per heavy atom. The average Bonchev–Trinajstić information content (AvgIpc) is 2.11. The van der Waals surface area contributed by atoms with Crippen LogP contribution < -0.4 is 5.32 Å². The van der Waals surface area contributed by atoms with Crippen molar-refractivity contribution in [3.05, 3.63) is 0 Å². The van der Waals surface area contributed by atoms with Gasteiger partial charge in [0.05, 0.1) is 0 Å². The third-order valence-electron chi connectivity index (χ3n) is 1.84. The number of nitrogens with one attached hydrogen (secondary N) is 1. The Morgan fingerprint density at radius 3 is 2.30 bits per heavy atom. The van der Waals surface area contributed by atoms with Crippen LogP contribution in [-0.4, -0.2) is 35.0 Å². The van der Waals surface area contributed by atoms with Crippen molar-refractivity contribution in [2.75, 3.05) is 13.1 Å². The SMILES string of the molecule is CC(C)(C)N1CCNC1O. The first-order chi connectivity index (χ1) is 4.52. The lowest BCUT2D eigenvalue weighted by Gasteiger charge is -2.33. The molecule has 2 N–H and O–H groups in total. The highest BCUT2D eigenvalue weighted by molar-refractivity contribution is 4.82. The summed E-state index contributed by atoms with van der Waals surface area (Å²) in [6.45, 7) is 8.12. The largest absolute Gasteiger partial charge is 0.365 e. The van der Waals surface area contributed by atoms with E-state index in [0.717, 1.165) is 13.1 Å². The summed E-state index contributed by atoms with van der Waals surface area (Å²) in [7, 11) is 0. The van der Waals surface area contributed by atoms with Gasteiger partial charge in [0.2, 0.25) is 0 Å².